The first kappa shape index (κ1) is 17.0. The van der Waals surface area contributed by atoms with Crippen LogP contribution >= 0.6 is 0 Å². The smallest absolute Gasteiger partial charge is 0.322 e. The summed E-state index contributed by atoms with van der Waals surface area (Å²) in [5.74, 6) is 0.219. The van der Waals surface area contributed by atoms with Gasteiger partial charge in [-0.3, -0.25) is 14.9 Å². The van der Waals surface area contributed by atoms with E-state index in [-0.39, 0.29) is 17.9 Å². The largest absolute Gasteiger partial charge is 0.465 e. The zero-order chi connectivity index (χ0) is 15.1. The highest BCUT2D eigenvalue weighted by Gasteiger charge is 2.29. The lowest BCUT2D eigenvalue weighted by Gasteiger charge is -2.27. The fourth-order valence-electron chi connectivity index (χ4n) is 2.51. The van der Waals surface area contributed by atoms with E-state index in [0.717, 1.165) is 32.4 Å². The maximum absolute atomic E-state index is 12.5. The molecule has 1 aliphatic heterocycles. The van der Waals surface area contributed by atoms with Crippen LogP contribution in [0.15, 0.2) is 0 Å². The predicted molar refractivity (Wildman–Crippen MR) is 78.3 cm³/mol. The van der Waals surface area contributed by atoms with Crippen molar-refractivity contribution in [2.45, 2.75) is 59.0 Å². The Bertz CT molecular complexity index is 325. The fourth-order valence-corrected chi connectivity index (χ4v) is 2.51. The molecule has 1 amide bonds. The SMILES string of the molecule is CCOC(=O)[C@@H](C)N[C@@H](CC(C)C)C(=O)N1CCCC1. The van der Waals surface area contributed by atoms with Crippen LogP contribution in [0.25, 0.3) is 0 Å². The van der Waals surface area contributed by atoms with Crippen LogP contribution in [0.3, 0.4) is 0 Å². The van der Waals surface area contributed by atoms with E-state index in [1.807, 2.05) is 4.90 Å². The predicted octanol–water partition coefficient (Wildman–Crippen LogP) is 1.56. The van der Waals surface area contributed by atoms with Crippen molar-refractivity contribution in [1.29, 1.82) is 0 Å². The van der Waals surface area contributed by atoms with Crippen LogP contribution in [-0.2, 0) is 14.3 Å². The van der Waals surface area contributed by atoms with Gasteiger partial charge in [-0.25, -0.2) is 0 Å². The first-order valence-corrected chi connectivity index (χ1v) is 7.67. The minimum Gasteiger partial charge on any atom is -0.465 e. The molecule has 5 nitrogen and oxygen atoms in total. The number of hydrogen-bond donors (Lipinski definition) is 1. The van der Waals surface area contributed by atoms with Gasteiger partial charge in [-0.1, -0.05) is 13.8 Å². The van der Waals surface area contributed by atoms with Gasteiger partial charge >= 0.3 is 5.97 Å². The number of carbonyl (C=O) groups excluding carboxylic acids is 2. The van der Waals surface area contributed by atoms with Crippen molar-refractivity contribution < 1.29 is 14.3 Å². The van der Waals surface area contributed by atoms with Crippen molar-refractivity contribution in [3.8, 4) is 0 Å². The maximum atomic E-state index is 12.5. The van der Waals surface area contributed by atoms with Gasteiger partial charge in [0.25, 0.3) is 0 Å². The lowest BCUT2D eigenvalue weighted by molar-refractivity contribution is -0.145. The molecule has 0 unspecified atom stereocenters. The average Bonchev–Trinajstić information content (AvgIpc) is 2.90. The van der Waals surface area contributed by atoms with E-state index in [2.05, 4.69) is 19.2 Å². The molecule has 0 spiro atoms. The highest BCUT2D eigenvalue weighted by Crippen LogP contribution is 2.14. The van der Waals surface area contributed by atoms with Crippen LogP contribution in [-0.4, -0.2) is 48.6 Å². The molecule has 1 fully saturated rings. The summed E-state index contributed by atoms with van der Waals surface area (Å²) >= 11 is 0. The third-order valence-electron chi connectivity index (χ3n) is 3.51. The second-order valence-corrected chi connectivity index (χ2v) is 5.85. The lowest BCUT2D eigenvalue weighted by Crippen LogP contribution is -2.51. The van der Waals surface area contributed by atoms with Crippen LogP contribution in [0, 0.1) is 5.92 Å². The van der Waals surface area contributed by atoms with Gasteiger partial charge in [-0.2, -0.15) is 0 Å². The molecular weight excluding hydrogens is 256 g/mol. The van der Waals surface area contributed by atoms with E-state index in [1.165, 1.54) is 0 Å². The summed E-state index contributed by atoms with van der Waals surface area (Å²) in [7, 11) is 0. The third-order valence-corrected chi connectivity index (χ3v) is 3.51. The lowest BCUT2D eigenvalue weighted by atomic mass is 10.0. The normalized spacial score (nSPS) is 18.1. The topological polar surface area (TPSA) is 58.6 Å². The summed E-state index contributed by atoms with van der Waals surface area (Å²) in [5.41, 5.74) is 0. The van der Waals surface area contributed by atoms with Crippen molar-refractivity contribution in [3.05, 3.63) is 0 Å². The summed E-state index contributed by atoms with van der Waals surface area (Å²) in [5, 5.41) is 3.14. The van der Waals surface area contributed by atoms with Crippen LogP contribution in [0.1, 0.15) is 47.0 Å². The van der Waals surface area contributed by atoms with Gasteiger partial charge in [0.1, 0.15) is 6.04 Å². The first-order valence-electron chi connectivity index (χ1n) is 7.67. The number of rotatable bonds is 7. The van der Waals surface area contributed by atoms with Gasteiger partial charge < -0.3 is 9.64 Å². The molecule has 1 saturated heterocycles. The zero-order valence-corrected chi connectivity index (χ0v) is 13.1. The number of amides is 1. The number of ether oxygens (including phenoxy) is 1. The Morgan fingerprint density at radius 3 is 2.30 bits per heavy atom. The van der Waals surface area contributed by atoms with Gasteiger partial charge in [-0.15, -0.1) is 0 Å². The molecule has 0 radical (unpaired) electrons. The van der Waals surface area contributed by atoms with Crippen molar-refractivity contribution in [2.24, 2.45) is 5.92 Å². The van der Waals surface area contributed by atoms with Gasteiger partial charge in [0.05, 0.1) is 12.6 Å². The number of hydrogen-bond acceptors (Lipinski definition) is 4. The molecule has 5 heteroatoms. The molecule has 116 valence electrons. The zero-order valence-electron chi connectivity index (χ0n) is 13.1. The molecular formula is C15H28N2O3. The highest BCUT2D eigenvalue weighted by atomic mass is 16.5. The monoisotopic (exact) mass is 284 g/mol. The molecule has 0 bridgehead atoms. The molecule has 1 aliphatic rings. The number of esters is 1. The maximum Gasteiger partial charge on any atom is 0.322 e. The minimum atomic E-state index is -0.453. The van der Waals surface area contributed by atoms with Crippen LogP contribution < -0.4 is 5.32 Å². The summed E-state index contributed by atoms with van der Waals surface area (Å²) in [6.45, 7) is 9.74. The van der Waals surface area contributed by atoms with Crippen molar-refractivity contribution in [2.75, 3.05) is 19.7 Å². The van der Waals surface area contributed by atoms with Gasteiger partial charge in [0.2, 0.25) is 5.91 Å². The third kappa shape index (κ3) is 5.12. The van der Waals surface area contributed by atoms with E-state index in [1.54, 1.807) is 13.8 Å². The Balaban J connectivity index is 2.63. The van der Waals surface area contributed by atoms with Crippen LogP contribution in [0.5, 0.6) is 0 Å². The highest BCUT2D eigenvalue weighted by molar-refractivity contribution is 5.83. The molecule has 0 aliphatic carbocycles. The fraction of sp³-hybridized carbons (Fsp3) is 0.867. The molecule has 0 aromatic rings. The van der Waals surface area contributed by atoms with E-state index in [4.69, 9.17) is 4.74 Å². The van der Waals surface area contributed by atoms with E-state index in [9.17, 15) is 9.59 Å². The first-order chi connectivity index (χ1) is 9.45. The summed E-state index contributed by atoms with van der Waals surface area (Å²) in [6, 6.07) is -0.752. The second-order valence-electron chi connectivity index (χ2n) is 5.85. The van der Waals surface area contributed by atoms with Gasteiger partial charge in [0.15, 0.2) is 0 Å². The van der Waals surface area contributed by atoms with Crippen molar-refractivity contribution >= 4 is 11.9 Å². The average molecular weight is 284 g/mol. The number of nitrogens with zero attached hydrogens (tertiary/aromatic N) is 1. The Morgan fingerprint density at radius 2 is 1.80 bits per heavy atom. The molecule has 0 aromatic heterocycles. The van der Waals surface area contributed by atoms with Crippen LogP contribution in [0.2, 0.25) is 0 Å². The van der Waals surface area contributed by atoms with E-state index < -0.39 is 6.04 Å². The Labute approximate surface area is 122 Å². The summed E-state index contributed by atoms with van der Waals surface area (Å²) in [6.07, 6.45) is 2.89. The molecule has 1 N–H and O–H groups in total. The minimum absolute atomic E-state index is 0.118. The molecule has 20 heavy (non-hydrogen) atoms. The number of nitrogens with one attached hydrogen (secondary N) is 1. The van der Waals surface area contributed by atoms with Gasteiger partial charge in [-0.05, 0) is 39.0 Å². The number of carbonyl (C=O) groups is 2. The van der Waals surface area contributed by atoms with E-state index in [0.29, 0.717) is 12.5 Å². The second kappa shape index (κ2) is 8.25. The van der Waals surface area contributed by atoms with E-state index >= 15 is 0 Å². The van der Waals surface area contributed by atoms with Gasteiger partial charge in [0, 0.05) is 13.1 Å². The summed E-state index contributed by atoms with van der Waals surface area (Å²) < 4.78 is 4.99. The van der Waals surface area contributed by atoms with Crippen molar-refractivity contribution in [3.63, 3.8) is 0 Å². The summed E-state index contributed by atoms with van der Waals surface area (Å²) in [4.78, 5) is 26.1. The Kier molecular flexibility index (Phi) is 6.99. The molecule has 1 rings (SSSR count). The molecule has 1 heterocycles. The molecule has 0 saturated carbocycles. The quantitative estimate of drug-likeness (QED) is 0.721. The Morgan fingerprint density at radius 1 is 1.20 bits per heavy atom. The Hall–Kier alpha value is -1.10. The molecule has 2 atom stereocenters. The van der Waals surface area contributed by atoms with Crippen LogP contribution in [0.4, 0.5) is 0 Å². The molecule has 0 aromatic carbocycles. The standard InChI is InChI=1S/C15H28N2O3/c1-5-20-15(19)12(4)16-13(10-11(2)3)14(18)17-8-6-7-9-17/h11-13,16H,5-10H2,1-4H3/t12-,13+/m1/s1. The van der Waals surface area contributed by atoms with Crippen molar-refractivity contribution in [1.82, 2.24) is 10.2 Å². The number of likely N-dealkylation sites (tertiary alicyclic amines) is 1.